The number of aromatic nitrogens is 2. The van der Waals surface area contributed by atoms with Crippen LogP contribution in [0.2, 0.25) is 0 Å². The van der Waals surface area contributed by atoms with E-state index < -0.39 is 0 Å². The van der Waals surface area contributed by atoms with E-state index in [0.717, 1.165) is 47.3 Å². The third-order valence-electron chi connectivity index (χ3n) is 4.90. The number of rotatable bonds is 6. The van der Waals surface area contributed by atoms with E-state index in [9.17, 15) is 4.79 Å². The molecule has 4 rings (SSSR count). The first-order valence-corrected chi connectivity index (χ1v) is 9.27. The molecular formula is C22H23N3O2. The van der Waals surface area contributed by atoms with Crippen LogP contribution in [0.4, 0.5) is 0 Å². The van der Waals surface area contributed by atoms with E-state index in [2.05, 4.69) is 16.5 Å². The fourth-order valence-corrected chi connectivity index (χ4v) is 3.66. The van der Waals surface area contributed by atoms with Crippen LogP contribution < -0.4 is 5.32 Å². The Morgan fingerprint density at radius 2 is 1.93 bits per heavy atom. The molecule has 1 N–H and O–H groups in total. The van der Waals surface area contributed by atoms with Gasteiger partial charge in [0, 0.05) is 24.9 Å². The molecule has 2 aromatic carbocycles. The Hall–Kier alpha value is -2.92. The zero-order chi connectivity index (χ0) is 18.6. The predicted octanol–water partition coefficient (Wildman–Crippen LogP) is 3.44. The van der Waals surface area contributed by atoms with Crippen molar-refractivity contribution in [3.63, 3.8) is 0 Å². The van der Waals surface area contributed by atoms with Gasteiger partial charge in [0.2, 0.25) is 0 Å². The summed E-state index contributed by atoms with van der Waals surface area (Å²) < 4.78 is 7.10. The third-order valence-corrected chi connectivity index (χ3v) is 4.90. The van der Waals surface area contributed by atoms with E-state index in [-0.39, 0.29) is 5.91 Å². The van der Waals surface area contributed by atoms with Gasteiger partial charge in [-0.25, -0.2) is 4.68 Å². The maximum atomic E-state index is 12.8. The van der Waals surface area contributed by atoms with Gasteiger partial charge in [-0.3, -0.25) is 4.79 Å². The Kier molecular flexibility index (Phi) is 5.03. The number of hydrogen-bond donors (Lipinski definition) is 1. The number of amides is 1. The number of nitrogens with zero attached hydrogens (tertiary/aromatic N) is 2. The lowest BCUT2D eigenvalue weighted by atomic mass is 10.1. The molecule has 0 saturated heterocycles. The smallest absolute Gasteiger partial charge is 0.272 e. The molecule has 0 unspecified atom stereocenters. The first-order chi connectivity index (χ1) is 13.3. The highest BCUT2D eigenvalue weighted by Crippen LogP contribution is 2.27. The van der Waals surface area contributed by atoms with Crippen molar-refractivity contribution in [1.29, 1.82) is 0 Å². The molecule has 0 fully saturated rings. The van der Waals surface area contributed by atoms with Crippen LogP contribution in [0.25, 0.3) is 5.69 Å². The van der Waals surface area contributed by atoms with Crippen molar-refractivity contribution in [2.45, 2.75) is 32.4 Å². The van der Waals surface area contributed by atoms with Crippen molar-refractivity contribution in [1.82, 2.24) is 15.1 Å². The summed E-state index contributed by atoms with van der Waals surface area (Å²) in [6.45, 7) is 1.04. The molecule has 0 atom stereocenters. The molecule has 1 aliphatic carbocycles. The molecule has 1 aliphatic rings. The maximum Gasteiger partial charge on any atom is 0.272 e. The van der Waals surface area contributed by atoms with Crippen molar-refractivity contribution in [2.75, 3.05) is 7.11 Å². The van der Waals surface area contributed by atoms with Crippen molar-refractivity contribution in [2.24, 2.45) is 0 Å². The normalized spacial score (nSPS) is 12.8. The molecule has 0 saturated carbocycles. The average Bonchev–Trinajstić information content (AvgIpc) is 3.30. The monoisotopic (exact) mass is 361 g/mol. The van der Waals surface area contributed by atoms with Gasteiger partial charge in [0.1, 0.15) is 0 Å². The summed E-state index contributed by atoms with van der Waals surface area (Å²) in [7, 11) is 1.68. The van der Waals surface area contributed by atoms with Crippen LogP contribution in [0.5, 0.6) is 0 Å². The van der Waals surface area contributed by atoms with Crippen molar-refractivity contribution in [3.05, 3.63) is 82.7 Å². The molecule has 0 bridgehead atoms. The summed E-state index contributed by atoms with van der Waals surface area (Å²) >= 11 is 0. The molecule has 5 heteroatoms. The lowest BCUT2D eigenvalue weighted by Crippen LogP contribution is -2.24. The van der Waals surface area contributed by atoms with Gasteiger partial charge in [0.05, 0.1) is 12.3 Å². The first-order valence-electron chi connectivity index (χ1n) is 9.27. The highest BCUT2D eigenvalue weighted by atomic mass is 16.5. The van der Waals surface area contributed by atoms with E-state index in [1.54, 1.807) is 7.11 Å². The first kappa shape index (κ1) is 17.5. The number of ether oxygens (including phenoxy) is 1. The average molecular weight is 361 g/mol. The van der Waals surface area contributed by atoms with Gasteiger partial charge >= 0.3 is 0 Å². The summed E-state index contributed by atoms with van der Waals surface area (Å²) in [5.41, 5.74) is 5.95. The zero-order valence-corrected chi connectivity index (χ0v) is 15.4. The van der Waals surface area contributed by atoms with Gasteiger partial charge in [0.15, 0.2) is 5.69 Å². The molecule has 0 aliphatic heterocycles. The lowest BCUT2D eigenvalue weighted by molar-refractivity contribution is 0.0944. The van der Waals surface area contributed by atoms with Crippen LogP contribution in [0.15, 0.2) is 54.6 Å². The highest BCUT2D eigenvalue weighted by molar-refractivity contribution is 5.94. The number of methoxy groups -OCH3 is 1. The summed E-state index contributed by atoms with van der Waals surface area (Å²) in [6, 6.07) is 18.1. The number of carbonyl (C=O) groups is 1. The topological polar surface area (TPSA) is 56.1 Å². The molecule has 0 radical (unpaired) electrons. The largest absolute Gasteiger partial charge is 0.380 e. The third kappa shape index (κ3) is 3.64. The highest BCUT2D eigenvalue weighted by Gasteiger charge is 2.26. The van der Waals surface area contributed by atoms with Crippen LogP contribution in [-0.2, 0) is 30.7 Å². The predicted molar refractivity (Wildman–Crippen MR) is 104 cm³/mol. The quantitative estimate of drug-likeness (QED) is 0.732. The fraction of sp³-hybridized carbons (Fsp3) is 0.273. The second kappa shape index (κ2) is 7.76. The fourth-order valence-electron chi connectivity index (χ4n) is 3.66. The van der Waals surface area contributed by atoms with Crippen molar-refractivity contribution in [3.8, 4) is 5.69 Å². The van der Waals surface area contributed by atoms with E-state index in [1.165, 1.54) is 0 Å². The molecule has 5 nitrogen and oxygen atoms in total. The zero-order valence-electron chi connectivity index (χ0n) is 15.4. The Balaban J connectivity index is 1.54. The summed E-state index contributed by atoms with van der Waals surface area (Å²) in [6.07, 6.45) is 2.94. The van der Waals surface area contributed by atoms with Crippen LogP contribution in [0, 0.1) is 0 Å². The van der Waals surface area contributed by atoms with Crippen molar-refractivity contribution < 1.29 is 9.53 Å². The Morgan fingerprint density at radius 1 is 1.11 bits per heavy atom. The van der Waals surface area contributed by atoms with Crippen LogP contribution in [-0.4, -0.2) is 22.8 Å². The number of nitrogens with one attached hydrogen (secondary N) is 1. The summed E-state index contributed by atoms with van der Waals surface area (Å²) in [4.78, 5) is 12.8. The molecular weight excluding hydrogens is 338 g/mol. The van der Waals surface area contributed by atoms with E-state index in [1.807, 2.05) is 53.2 Å². The minimum absolute atomic E-state index is 0.111. The summed E-state index contributed by atoms with van der Waals surface area (Å²) in [5, 5.41) is 7.67. The number of hydrogen-bond acceptors (Lipinski definition) is 3. The number of carbonyl (C=O) groups excluding carboxylic acids is 1. The second-order valence-electron chi connectivity index (χ2n) is 6.81. The standard InChI is InChI=1S/C22H23N3O2/c1-27-15-17-8-5-7-16(13-17)14-23-22(26)21-19-11-6-12-20(19)25(24-21)18-9-3-2-4-10-18/h2-5,7-10,13H,6,11-12,14-15H2,1H3,(H,23,26). The van der Waals surface area contributed by atoms with E-state index in [0.29, 0.717) is 18.8 Å². The van der Waals surface area contributed by atoms with Gasteiger partial charge in [-0.15, -0.1) is 0 Å². The maximum absolute atomic E-state index is 12.8. The van der Waals surface area contributed by atoms with Crippen LogP contribution >= 0.6 is 0 Å². The Morgan fingerprint density at radius 3 is 2.74 bits per heavy atom. The molecule has 1 aromatic heterocycles. The summed E-state index contributed by atoms with van der Waals surface area (Å²) in [5.74, 6) is -0.111. The molecule has 1 heterocycles. The Bertz CT molecular complexity index is 947. The van der Waals surface area contributed by atoms with Gasteiger partial charge in [-0.2, -0.15) is 5.10 Å². The molecule has 1 amide bonds. The molecule has 138 valence electrons. The van der Waals surface area contributed by atoms with E-state index >= 15 is 0 Å². The van der Waals surface area contributed by atoms with Crippen LogP contribution in [0.1, 0.15) is 39.3 Å². The van der Waals surface area contributed by atoms with Gasteiger partial charge in [-0.1, -0.05) is 42.5 Å². The van der Waals surface area contributed by atoms with Gasteiger partial charge in [0.25, 0.3) is 5.91 Å². The van der Waals surface area contributed by atoms with Gasteiger partial charge < -0.3 is 10.1 Å². The minimum Gasteiger partial charge on any atom is -0.380 e. The number of fused-ring (bicyclic) bond motifs is 1. The van der Waals surface area contributed by atoms with Crippen LogP contribution in [0.3, 0.4) is 0 Å². The number of para-hydroxylation sites is 1. The van der Waals surface area contributed by atoms with Crippen molar-refractivity contribution >= 4 is 5.91 Å². The molecule has 0 spiro atoms. The number of benzene rings is 2. The van der Waals surface area contributed by atoms with Gasteiger partial charge in [-0.05, 0) is 42.5 Å². The second-order valence-corrected chi connectivity index (χ2v) is 6.81. The molecule has 27 heavy (non-hydrogen) atoms. The minimum atomic E-state index is -0.111. The van der Waals surface area contributed by atoms with E-state index in [4.69, 9.17) is 4.74 Å². The SMILES string of the molecule is COCc1cccc(CNC(=O)c2nn(-c3ccccc3)c3c2CCC3)c1. The molecule has 3 aromatic rings. The Labute approximate surface area is 159 Å². The lowest BCUT2D eigenvalue weighted by Gasteiger charge is -2.07.